The Morgan fingerprint density at radius 2 is 1.71 bits per heavy atom. The summed E-state index contributed by atoms with van der Waals surface area (Å²) in [5, 5.41) is 13.0. The van der Waals surface area contributed by atoms with E-state index in [1.807, 2.05) is 34.6 Å². The van der Waals surface area contributed by atoms with Crippen LogP contribution in [0.4, 0.5) is 5.69 Å². The van der Waals surface area contributed by atoms with Gasteiger partial charge in [0.05, 0.1) is 23.0 Å². The number of pyridine rings is 1. The first-order valence-corrected chi connectivity index (χ1v) is 12.2. The highest BCUT2D eigenvalue weighted by Crippen LogP contribution is 2.50. The summed E-state index contributed by atoms with van der Waals surface area (Å²) in [6.07, 6.45) is 5.00. The lowest BCUT2D eigenvalue weighted by atomic mass is 9.63. The van der Waals surface area contributed by atoms with Gasteiger partial charge in [-0.1, -0.05) is 6.42 Å². The molecule has 1 aromatic heterocycles. The fourth-order valence-corrected chi connectivity index (χ4v) is 5.41. The summed E-state index contributed by atoms with van der Waals surface area (Å²) in [6, 6.07) is 0. The molecule has 2 heterocycles. The first kappa shape index (κ1) is 24.3. The number of anilines is 1. The van der Waals surface area contributed by atoms with E-state index in [9.17, 15) is 10.0 Å². The molecular weight excluding hydrogens is 460 g/mol. The van der Waals surface area contributed by atoms with Gasteiger partial charge in [0.2, 0.25) is 5.69 Å². The summed E-state index contributed by atoms with van der Waals surface area (Å²) in [4.78, 5) is 15.5. The summed E-state index contributed by atoms with van der Waals surface area (Å²) >= 11 is 3.69. The third kappa shape index (κ3) is 5.03. The Morgan fingerprint density at radius 1 is 1.13 bits per heavy atom. The molecule has 2 aliphatic rings. The highest BCUT2D eigenvalue weighted by atomic mass is 79.9. The number of piperidine rings is 1. The largest absolute Gasteiger partial charge is 0.618 e. The Morgan fingerprint density at radius 3 is 2.16 bits per heavy atom. The van der Waals surface area contributed by atoms with E-state index in [4.69, 9.17) is 9.47 Å². The quantitative estimate of drug-likeness (QED) is 0.315. The number of esters is 1. The third-order valence-corrected chi connectivity index (χ3v) is 7.58. The van der Waals surface area contributed by atoms with E-state index >= 15 is 0 Å². The Hall–Kier alpha value is -1.34. The van der Waals surface area contributed by atoms with Crippen molar-refractivity contribution in [3.63, 3.8) is 0 Å². The molecule has 1 aromatic rings. The minimum Gasteiger partial charge on any atom is -0.618 e. The van der Waals surface area contributed by atoms with Crippen LogP contribution in [0.3, 0.4) is 0 Å². The maximum absolute atomic E-state index is 13.2. The van der Waals surface area contributed by atoms with Crippen LogP contribution in [0.5, 0.6) is 0 Å². The zero-order valence-electron chi connectivity index (χ0n) is 20.0. The second kappa shape index (κ2) is 8.89. The standard InChI is InChI=1S/C24H37BrN2O4/c1-15(2)30-22(28)21(31-23(5,6)7)18-16(3)27(29)17(4)19(25)20(18)26-13-11-24(12-14-26)9-8-10-24/h15,21H,8-14H2,1-7H3. The second-order valence-corrected chi connectivity index (χ2v) is 11.3. The molecule has 3 rings (SSSR count). The normalized spacial score (nSPS) is 19.5. The molecular formula is C24H37BrN2O4. The fourth-order valence-electron chi connectivity index (χ4n) is 4.79. The Balaban J connectivity index is 2.10. The molecule has 1 spiro atoms. The number of hydrogen-bond donors (Lipinski definition) is 0. The van der Waals surface area contributed by atoms with Crippen LogP contribution >= 0.6 is 15.9 Å². The van der Waals surface area contributed by atoms with Crippen LogP contribution in [0.15, 0.2) is 4.47 Å². The minimum atomic E-state index is -0.978. The highest BCUT2D eigenvalue weighted by molar-refractivity contribution is 9.10. The van der Waals surface area contributed by atoms with Crippen LogP contribution in [-0.2, 0) is 14.3 Å². The molecule has 1 aliphatic heterocycles. The fraction of sp³-hybridized carbons (Fsp3) is 0.750. The molecule has 2 fully saturated rings. The van der Waals surface area contributed by atoms with Gasteiger partial charge in [0.25, 0.3) is 0 Å². The van der Waals surface area contributed by atoms with Crippen molar-refractivity contribution < 1.29 is 19.0 Å². The van der Waals surface area contributed by atoms with E-state index in [-0.39, 0.29) is 6.10 Å². The highest BCUT2D eigenvalue weighted by Gasteiger charge is 2.43. The molecule has 0 aromatic carbocycles. The van der Waals surface area contributed by atoms with E-state index in [0.717, 1.165) is 40.8 Å². The summed E-state index contributed by atoms with van der Waals surface area (Å²) in [7, 11) is 0. The van der Waals surface area contributed by atoms with Crippen molar-refractivity contribution in [1.29, 1.82) is 0 Å². The topological polar surface area (TPSA) is 65.7 Å². The van der Waals surface area contributed by atoms with Gasteiger partial charge >= 0.3 is 5.97 Å². The van der Waals surface area contributed by atoms with Crippen LogP contribution in [0.2, 0.25) is 0 Å². The van der Waals surface area contributed by atoms with Crippen LogP contribution in [0.25, 0.3) is 0 Å². The van der Waals surface area contributed by atoms with Crippen LogP contribution < -0.4 is 9.63 Å². The second-order valence-electron chi connectivity index (χ2n) is 10.5. The molecule has 6 nitrogen and oxygen atoms in total. The average molecular weight is 497 g/mol. The van der Waals surface area contributed by atoms with E-state index in [0.29, 0.717) is 22.4 Å². The smallest absolute Gasteiger partial charge is 0.340 e. The maximum atomic E-state index is 13.2. The first-order valence-electron chi connectivity index (χ1n) is 11.4. The van der Waals surface area contributed by atoms with E-state index in [1.54, 1.807) is 13.8 Å². The van der Waals surface area contributed by atoms with Gasteiger partial charge in [-0.2, -0.15) is 4.73 Å². The zero-order valence-corrected chi connectivity index (χ0v) is 21.6. The maximum Gasteiger partial charge on any atom is 0.340 e. The van der Waals surface area contributed by atoms with E-state index < -0.39 is 17.7 Å². The van der Waals surface area contributed by atoms with Crippen molar-refractivity contribution in [2.45, 2.75) is 98.4 Å². The number of rotatable bonds is 5. The van der Waals surface area contributed by atoms with Crippen molar-refractivity contribution in [2.75, 3.05) is 18.0 Å². The molecule has 7 heteroatoms. The monoisotopic (exact) mass is 496 g/mol. The van der Waals surface area contributed by atoms with Crippen molar-refractivity contribution in [2.24, 2.45) is 5.41 Å². The molecule has 0 N–H and O–H groups in total. The molecule has 0 amide bonds. The molecule has 1 unspecified atom stereocenters. The van der Waals surface area contributed by atoms with Crippen molar-refractivity contribution in [3.05, 3.63) is 26.6 Å². The van der Waals surface area contributed by atoms with Crippen molar-refractivity contribution in [1.82, 2.24) is 0 Å². The molecule has 1 saturated heterocycles. The van der Waals surface area contributed by atoms with Gasteiger partial charge in [0.1, 0.15) is 4.47 Å². The lowest BCUT2D eigenvalue weighted by molar-refractivity contribution is -0.620. The number of halogens is 1. The lowest BCUT2D eigenvalue weighted by Gasteiger charge is -2.49. The number of hydrogen-bond acceptors (Lipinski definition) is 5. The van der Waals surface area contributed by atoms with Crippen LogP contribution in [0, 0.1) is 24.5 Å². The molecule has 0 radical (unpaired) electrons. The Kier molecular flexibility index (Phi) is 6.97. The number of carbonyl (C=O) groups excluding carboxylic acids is 1. The SMILES string of the molecule is Cc1c(Br)c(N2CCC3(CCC3)CC2)c(C(OC(C)(C)C)C(=O)OC(C)C)c(C)[n+]1[O-]. The Labute approximate surface area is 195 Å². The molecule has 174 valence electrons. The van der Waals surface area contributed by atoms with E-state index in [1.165, 1.54) is 19.3 Å². The first-order chi connectivity index (χ1) is 14.4. The molecule has 1 atom stereocenters. The van der Waals surface area contributed by atoms with Crippen molar-refractivity contribution in [3.8, 4) is 0 Å². The minimum absolute atomic E-state index is 0.274. The predicted molar refractivity (Wildman–Crippen MR) is 125 cm³/mol. The van der Waals surface area contributed by atoms with Crippen LogP contribution in [-0.4, -0.2) is 30.8 Å². The molecule has 31 heavy (non-hydrogen) atoms. The van der Waals surface area contributed by atoms with E-state index in [2.05, 4.69) is 20.8 Å². The van der Waals surface area contributed by atoms with Gasteiger partial charge in [-0.15, -0.1) is 0 Å². The van der Waals surface area contributed by atoms with Gasteiger partial charge < -0.3 is 19.6 Å². The average Bonchev–Trinajstić information content (AvgIpc) is 2.65. The Bertz CT molecular complexity index is 833. The molecule has 1 saturated carbocycles. The summed E-state index contributed by atoms with van der Waals surface area (Å²) in [5.74, 6) is -0.461. The van der Waals surface area contributed by atoms with Gasteiger partial charge in [-0.05, 0) is 81.6 Å². The summed E-state index contributed by atoms with van der Waals surface area (Å²) in [5.41, 5.74) is 2.48. The molecule has 1 aliphatic carbocycles. The third-order valence-electron chi connectivity index (χ3n) is 6.63. The van der Waals surface area contributed by atoms with Gasteiger partial charge in [0.15, 0.2) is 11.8 Å². The number of carbonyl (C=O) groups is 1. The summed E-state index contributed by atoms with van der Waals surface area (Å²) in [6.45, 7) is 14.8. The number of nitrogens with zero attached hydrogens (tertiary/aromatic N) is 2. The van der Waals surface area contributed by atoms with Gasteiger partial charge in [0, 0.05) is 26.9 Å². The predicted octanol–water partition coefficient (Wildman–Crippen LogP) is 5.28. The number of ether oxygens (including phenoxy) is 2. The lowest BCUT2D eigenvalue weighted by Crippen LogP contribution is -2.46. The summed E-state index contributed by atoms with van der Waals surface area (Å²) < 4.78 is 13.4. The molecule has 0 bridgehead atoms. The van der Waals surface area contributed by atoms with Crippen molar-refractivity contribution >= 4 is 27.6 Å². The van der Waals surface area contributed by atoms with Gasteiger partial charge in [-0.25, -0.2) is 4.79 Å². The van der Waals surface area contributed by atoms with Crippen LogP contribution in [0.1, 0.15) is 89.8 Å². The number of aromatic nitrogens is 1. The van der Waals surface area contributed by atoms with Gasteiger partial charge in [-0.3, -0.25) is 0 Å². The zero-order chi connectivity index (χ0) is 23.1.